The second kappa shape index (κ2) is 4.59. The molecule has 0 bridgehead atoms. The van der Waals surface area contributed by atoms with Gasteiger partial charge in [-0.1, -0.05) is 19.9 Å². The summed E-state index contributed by atoms with van der Waals surface area (Å²) in [6.07, 6.45) is 0. The fourth-order valence-corrected chi connectivity index (χ4v) is 3.25. The molecule has 0 aliphatic carbocycles. The van der Waals surface area contributed by atoms with Gasteiger partial charge in [-0.25, -0.2) is 9.97 Å². The van der Waals surface area contributed by atoms with E-state index < -0.39 is 0 Å². The van der Waals surface area contributed by atoms with Gasteiger partial charge in [0, 0.05) is 22.5 Å². The topological polar surface area (TPSA) is 56.7 Å². The molecule has 4 nitrogen and oxygen atoms in total. The number of thiophene rings is 1. The van der Waals surface area contributed by atoms with Crippen LogP contribution < -0.4 is 5.73 Å². The second-order valence-corrected chi connectivity index (χ2v) is 6.66. The summed E-state index contributed by atoms with van der Waals surface area (Å²) >= 11 is 1.77. The Bertz CT molecular complexity index is 741. The smallest absolute Gasteiger partial charge is 0.202 e. The molecule has 0 aliphatic rings. The molecule has 5 heteroatoms. The van der Waals surface area contributed by atoms with Crippen molar-refractivity contribution in [2.24, 2.45) is 0 Å². The van der Waals surface area contributed by atoms with E-state index in [9.17, 15) is 0 Å². The number of nitrogen functional groups attached to an aromatic ring is 1. The number of nitrogens with zero attached hydrogens (tertiary/aromatic N) is 3. The predicted octanol–water partition coefficient (Wildman–Crippen LogP) is 3.36. The van der Waals surface area contributed by atoms with Gasteiger partial charge in [0.2, 0.25) is 5.95 Å². The number of hydrogen-bond donors (Lipinski definition) is 1. The lowest BCUT2D eigenvalue weighted by Crippen LogP contribution is -2.24. The minimum atomic E-state index is 0.00133. The minimum absolute atomic E-state index is 0.00133. The number of fused-ring (bicyclic) bond motifs is 1. The van der Waals surface area contributed by atoms with Crippen molar-refractivity contribution < 1.29 is 0 Å². The SMILES string of the molecule is Cc1ccc2nc(N)n(CC(C)(C)c3cccs3)c2n1. The molecule has 3 heterocycles. The molecule has 0 aliphatic heterocycles. The summed E-state index contributed by atoms with van der Waals surface area (Å²) in [5.74, 6) is 0.530. The molecular weight excluding hydrogens is 268 g/mol. The van der Waals surface area contributed by atoms with Gasteiger partial charge in [-0.3, -0.25) is 4.57 Å². The molecule has 3 aromatic rings. The molecular formula is C15H18N4S. The highest BCUT2D eigenvalue weighted by Gasteiger charge is 2.25. The van der Waals surface area contributed by atoms with Crippen LogP contribution in [0.4, 0.5) is 5.95 Å². The van der Waals surface area contributed by atoms with E-state index in [1.807, 2.05) is 23.6 Å². The van der Waals surface area contributed by atoms with Crippen LogP contribution in [0.2, 0.25) is 0 Å². The number of pyridine rings is 1. The predicted molar refractivity (Wildman–Crippen MR) is 84.0 cm³/mol. The van der Waals surface area contributed by atoms with Gasteiger partial charge >= 0.3 is 0 Å². The lowest BCUT2D eigenvalue weighted by Gasteiger charge is -2.24. The Morgan fingerprint density at radius 1 is 1.25 bits per heavy atom. The Labute approximate surface area is 122 Å². The molecule has 3 aromatic heterocycles. The van der Waals surface area contributed by atoms with Crippen LogP contribution in [-0.4, -0.2) is 14.5 Å². The molecule has 0 fully saturated rings. The number of aryl methyl sites for hydroxylation is 1. The van der Waals surface area contributed by atoms with Crippen molar-refractivity contribution in [3.63, 3.8) is 0 Å². The first-order valence-electron chi connectivity index (χ1n) is 6.61. The summed E-state index contributed by atoms with van der Waals surface area (Å²) < 4.78 is 2.02. The summed E-state index contributed by atoms with van der Waals surface area (Å²) in [6, 6.07) is 8.18. The van der Waals surface area contributed by atoms with Crippen LogP contribution in [0.15, 0.2) is 29.6 Å². The van der Waals surface area contributed by atoms with Crippen LogP contribution in [0.5, 0.6) is 0 Å². The van der Waals surface area contributed by atoms with Crippen LogP contribution in [0.3, 0.4) is 0 Å². The van der Waals surface area contributed by atoms with Gasteiger partial charge < -0.3 is 5.73 Å². The zero-order valence-corrected chi connectivity index (χ0v) is 12.7. The zero-order valence-electron chi connectivity index (χ0n) is 11.9. The highest BCUT2D eigenvalue weighted by atomic mass is 32.1. The van der Waals surface area contributed by atoms with E-state index in [0.717, 1.165) is 23.4 Å². The number of nitrogens with two attached hydrogens (primary N) is 1. The van der Waals surface area contributed by atoms with E-state index >= 15 is 0 Å². The van der Waals surface area contributed by atoms with Crippen LogP contribution in [-0.2, 0) is 12.0 Å². The largest absolute Gasteiger partial charge is 0.369 e. The van der Waals surface area contributed by atoms with E-state index in [-0.39, 0.29) is 5.41 Å². The Kier molecular flexibility index (Phi) is 3.01. The Balaban J connectivity index is 2.06. The fraction of sp³-hybridized carbons (Fsp3) is 0.333. The molecule has 0 atom stereocenters. The molecule has 0 radical (unpaired) electrons. The molecule has 0 saturated carbocycles. The number of rotatable bonds is 3. The molecule has 0 amide bonds. The van der Waals surface area contributed by atoms with E-state index in [1.54, 1.807) is 11.3 Å². The highest BCUT2D eigenvalue weighted by molar-refractivity contribution is 7.10. The third-order valence-electron chi connectivity index (χ3n) is 3.50. The Morgan fingerprint density at radius 3 is 2.75 bits per heavy atom. The average Bonchev–Trinajstić information content (AvgIpc) is 3.00. The van der Waals surface area contributed by atoms with Crippen LogP contribution in [0.1, 0.15) is 24.4 Å². The van der Waals surface area contributed by atoms with Crippen molar-refractivity contribution in [3.8, 4) is 0 Å². The maximum Gasteiger partial charge on any atom is 0.202 e. The first kappa shape index (κ1) is 13.1. The first-order valence-corrected chi connectivity index (χ1v) is 7.49. The van der Waals surface area contributed by atoms with Gasteiger partial charge in [0.1, 0.15) is 5.52 Å². The average molecular weight is 286 g/mol. The third kappa shape index (κ3) is 2.18. The standard InChI is InChI=1S/C15H18N4S/c1-10-6-7-11-13(17-10)19(14(16)18-11)9-15(2,3)12-5-4-8-20-12/h4-8H,9H2,1-3H3,(H2,16,18). The van der Waals surface area contributed by atoms with Crippen molar-refractivity contribution in [2.45, 2.75) is 32.7 Å². The molecule has 3 rings (SSSR count). The zero-order chi connectivity index (χ0) is 14.3. The quantitative estimate of drug-likeness (QED) is 0.803. The lowest BCUT2D eigenvalue weighted by atomic mass is 9.91. The molecule has 0 unspecified atom stereocenters. The van der Waals surface area contributed by atoms with Crippen molar-refractivity contribution in [1.29, 1.82) is 0 Å². The monoisotopic (exact) mass is 286 g/mol. The number of aromatic nitrogens is 3. The van der Waals surface area contributed by atoms with Gasteiger partial charge in [0.15, 0.2) is 5.65 Å². The van der Waals surface area contributed by atoms with Crippen molar-refractivity contribution in [2.75, 3.05) is 5.73 Å². The molecule has 0 saturated heterocycles. The number of imidazole rings is 1. The lowest BCUT2D eigenvalue weighted by molar-refractivity contribution is 0.451. The fourth-order valence-electron chi connectivity index (χ4n) is 2.41. The summed E-state index contributed by atoms with van der Waals surface area (Å²) in [5.41, 5.74) is 8.78. The normalized spacial score (nSPS) is 12.2. The van der Waals surface area contributed by atoms with Gasteiger partial charge in [-0.2, -0.15) is 0 Å². The van der Waals surface area contributed by atoms with Gasteiger partial charge in [0.25, 0.3) is 0 Å². The maximum absolute atomic E-state index is 6.08. The molecule has 20 heavy (non-hydrogen) atoms. The third-order valence-corrected chi connectivity index (χ3v) is 4.74. The summed E-state index contributed by atoms with van der Waals surface area (Å²) in [7, 11) is 0. The van der Waals surface area contributed by atoms with Crippen LogP contribution >= 0.6 is 11.3 Å². The Hall–Kier alpha value is -1.88. The number of anilines is 1. The van der Waals surface area contributed by atoms with Gasteiger partial charge in [0.05, 0.1) is 0 Å². The van der Waals surface area contributed by atoms with Crippen molar-refractivity contribution in [3.05, 3.63) is 40.2 Å². The van der Waals surface area contributed by atoms with E-state index in [1.165, 1.54) is 4.88 Å². The van der Waals surface area contributed by atoms with Crippen LogP contribution in [0.25, 0.3) is 11.2 Å². The molecule has 0 aromatic carbocycles. The van der Waals surface area contributed by atoms with Crippen molar-refractivity contribution >= 4 is 28.4 Å². The van der Waals surface area contributed by atoms with E-state index in [0.29, 0.717) is 5.95 Å². The minimum Gasteiger partial charge on any atom is -0.369 e. The van der Waals surface area contributed by atoms with Gasteiger partial charge in [-0.15, -0.1) is 11.3 Å². The highest BCUT2D eigenvalue weighted by Crippen LogP contribution is 2.31. The van der Waals surface area contributed by atoms with E-state index in [4.69, 9.17) is 5.73 Å². The van der Waals surface area contributed by atoms with Crippen molar-refractivity contribution in [1.82, 2.24) is 14.5 Å². The van der Waals surface area contributed by atoms with Gasteiger partial charge in [-0.05, 0) is 30.5 Å². The van der Waals surface area contributed by atoms with E-state index in [2.05, 4.69) is 41.3 Å². The maximum atomic E-state index is 6.08. The number of hydrogen-bond acceptors (Lipinski definition) is 4. The second-order valence-electron chi connectivity index (χ2n) is 5.71. The molecule has 2 N–H and O–H groups in total. The summed E-state index contributed by atoms with van der Waals surface area (Å²) in [6.45, 7) is 7.20. The Morgan fingerprint density at radius 2 is 2.05 bits per heavy atom. The molecule has 104 valence electrons. The first-order chi connectivity index (χ1) is 9.47. The molecule has 0 spiro atoms. The van der Waals surface area contributed by atoms with Crippen LogP contribution in [0, 0.1) is 6.92 Å². The summed E-state index contributed by atoms with van der Waals surface area (Å²) in [4.78, 5) is 10.3. The summed E-state index contributed by atoms with van der Waals surface area (Å²) in [5, 5.41) is 2.11.